The normalized spacial score (nSPS) is 14.3. The van der Waals surface area contributed by atoms with E-state index in [1.807, 2.05) is 6.07 Å². The van der Waals surface area contributed by atoms with E-state index in [1.54, 1.807) is 18.2 Å². The number of hydrogen-bond donors (Lipinski definition) is 2. The Kier molecular flexibility index (Phi) is 3.24. The molecule has 16 heavy (non-hydrogen) atoms. The molecule has 2 N–H and O–H groups in total. The number of carbonyl (C=O) groups excluding carboxylic acids is 2. The molecule has 1 aromatic carbocycles. The van der Waals surface area contributed by atoms with Crippen molar-refractivity contribution in [1.82, 2.24) is 10.9 Å². The number of nitrogens with one attached hydrogen (secondary N) is 2. The summed E-state index contributed by atoms with van der Waals surface area (Å²) in [6.45, 7) is 0. The highest BCUT2D eigenvalue weighted by Gasteiger charge is 2.29. The zero-order chi connectivity index (χ0) is 11.5. The first kappa shape index (κ1) is 11.1. The van der Waals surface area contributed by atoms with E-state index < -0.39 is 0 Å². The Hall–Kier alpha value is -1.36. The van der Waals surface area contributed by atoms with E-state index in [4.69, 9.17) is 0 Å². The van der Waals surface area contributed by atoms with Crippen LogP contribution in [0.15, 0.2) is 28.7 Å². The molecule has 0 radical (unpaired) electrons. The van der Waals surface area contributed by atoms with Crippen LogP contribution in [0.2, 0.25) is 0 Å². The van der Waals surface area contributed by atoms with Gasteiger partial charge in [-0.3, -0.25) is 20.4 Å². The molecule has 84 valence electrons. The Morgan fingerprint density at radius 3 is 2.50 bits per heavy atom. The number of halogens is 1. The molecule has 2 rings (SSSR count). The molecule has 0 aliphatic heterocycles. The Balaban J connectivity index is 1.92. The van der Waals surface area contributed by atoms with Gasteiger partial charge in [0.25, 0.3) is 5.91 Å². The summed E-state index contributed by atoms with van der Waals surface area (Å²) in [5.41, 5.74) is 5.30. The van der Waals surface area contributed by atoms with Crippen molar-refractivity contribution in [2.45, 2.75) is 12.8 Å². The Bertz CT molecular complexity index is 430. The average Bonchev–Trinajstić information content (AvgIpc) is 3.10. The lowest BCUT2D eigenvalue weighted by molar-refractivity contribution is -0.123. The first-order chi connectivity index (χ1) is 7.68. The fourth-order valence-corrected chi connectivity index (χ4v) is 1.74. The number of rotatable bonds is 2. The quantitative estimate of drug-likeness (QED) is 0.810. The molecule has 1 fully saturated rings. The fraction of sp³-hybridized carbons (Fsp3) is 0.273. The molecule has 0 aromatic heterocycles. The SMILES string of the molecule is O=C(NNC(=O)C1CC1)c1ccccc1Br. The Morgan fingerprint density at radius 2 is 1.88 bits per heavy atom. The maximum absolute atomic E-state index is 11.7. The highest BCUT2D eigenvalue weighted by Crippen LogP contribution is 2.28. The van der Waals surface area contributed by atoms with Gasteiger partial charge in [-0.15, -0.1) is 0 Å². The van der Waals surface area contributed by atoms with Gasteiger partial charge in [-0.25, -0.2) is 0 Å². The van der Waals surface area contributed by atoms with E-state index >= 15 is 0 Å². The van der Waals surface area contributed by atoms with Crippen molar-refractivity contribution < 1.29 is 9.59 Å². The molecular weight excluding hydrogens is 272 g/mol. The molecule has 0 atom stereocenters. The van der Waals surface area contributed by atoms with Crippen molar-refractivity contribution in [2.24, 2.45) is 5.92 Å². The summed E-state index contributed by atoms with van der Waals surface area (Å²) in [4.78, 5) is 22.9. The summed E-state index contributed by atoms with van der Waals surface area (Å²) in [7, 11) is 0. The summed E-state index contributed by atoms with van der Waals surface area (Å²) in [5, 5.41) is 0. The van der Waals surface area contributed by atoms with E-state index in [0.717, 1.165) is 12.8 Å². The van der Waals surface area contributed by atoms with Crippen LogP contribution in [0.1, 0.15) is 23.2 Å². The molecule has 2 amide bonds. The third kappa shape index (κ3) is 2.61. The van der Waals surface area contributed by atoms with Crippen LogP contribution in [0.5, 0.6) is 0 Å². The Labute approximate surface area is 102 Å². The maximum atomic E-state index is 11.7. The van der Waals surface area contributed by atoms with Crippen LogP contribution >= 0.6 is 15.9 Å². The second-order valence-electron chi connectivity index (χ2n) is 3.70. The van der Waals surface area contributed by atoms with Gasteiger partial charge < -0.3 is 0 Å². The molecule has 1 saturated carbocycles. The van der Waals surface area contributed by atoms with Crippen molar-refractivity contribution in [2.75, 3.05) is 0 Å². The summed E-state index contributed by atoms with van der Waals surface area (Å²) >= 11 is 3.27. The van der Waals surface area contributed by atoms with E-state index in [2.05, 4.69) is 26.8 Å². The predicted molar refractivity (Wildman–Crippen MR) is 62.5 cm³/mol. The molecule has 5 heteroatoms. The largest absolute Gasteiger partial charge is 0.273 e. The lowest BCUT2D eigenvalue weighted by atomic mass is 10.2. The van der Waals surface area contributed by atoms with Crippen LogP contribution in [-0.2, 0) is 4.79 Å². The van der Waals surface area contributed by atoms with Gasteiger partial charge in [0.15, 0.2) is 0 Å². The van der Waals surface area contributed by atoms with Crippen LogP contribution in [0.3, 0.4) is 0 Å². The molecule has 0 saturated heterocycles. The minimum atomic E-state index is -0.318. The van der Waals surface area contributed by atoms with Gasteiger partial charge in [0.05, 0.1) is 5.56 Å². The molecule has 0 spiro atoms. The average molecular weight is 283 g/mol. The van der Waals surface area contributed by atoms with Crippen LogP contribution in [-0.4, -0.2) is 11.8 Å². The number of benzene rings is 1. The zero-order valence-electron chi connectivity index (χ0n) is 8.50. The first-order valence-electron chi connectivity index (χ1n) is 5.03. The van der Waals surface area contributed by atoms with Crippen LogP contribution in [0, 0.1) is 5.92 Å². The lowest BCUT2D eigenvalue weighted by Crippen LogP contribution is -2.42. The number of amides is 2. The van der Waals surface area contributed by atoms with Crippen LogP contribution in [0.4, 0.5) is 0 Å². The van der Waals surface area contributed by atoms with Crippen LogP contribution in [0.25, 0.3) is 0 Å². The minimum absolute atomic E-state index is 0.0829. The van der Waals surface area contributed by atoms with Gasteiger partial charge in [-0.2, -0.15) is 0 Å². The summed E-state index contributed by atoms with van der Waals surface area (Å²) in [5.74, 6) is -0.346. The van der Waals surface area contributed by atoms with Crippen molar-refractivity contribution in [1.29, 1.82) is 0 Å². The highest BCUT2D eigenvalue weighted by atomic mass is 79.9. The van der Waals surface area contributed by atoms with Crippen molar-refractivity contribution in [3.05, 3.63) is 34.3 Å². The zero-order valence-corrected chi connectivity index (χ0v) is 10.1. The molecule has 0 bridgehead atoms. The summed E-state index contributed by atoms with van der Waals surface area (Å²) in [6.07, 6.45) is 1.83. The molecule has 1 aliphatic carbocycles. The minimum Gasteiger partial charge on any atom is -0.273 e. The monoisotopic (exact) mass is 282 g/mol. The third-order valence-corrected chi connectivity index (χ3v) is 3.06. The van der Waals surface area contributed by atoms with Gasteiger partial charge >= 0.3 is 0 Å². The maximum Gasteiger partial charge on any atom is 0.270 e. The second-order valence-corrected chi connectivity index (χ2v) is 4.55. The molecular formula is C11H11BrN2O2. The molecule has 1 aliphatic rings. The summed E-state index contributed by atoms with van der Waals surface area (Å²) < 4.78 is 0.702. The number of carbonyl (C=O) groups is 2. The van der Waals surface area contributed by atoms with E-state index in [-0.39, 0.29) is 17.7 Å². The van der Waals surface area contributed by atoms with E-state index in [0.29, 0.717) is 10.0 Å². The third-order valence-electron chi connectivity index (χ3n) is 2.37. The Morgan fingerprint density at radius 1 is 1.19 bits per heavy atom. The topological polar surface area (TPSA) is 58.2 Å². The van der Waals surface area contributed by atoms with Gasteiger partial charge in [0.2, 0.25) is 5.91 Å². The van der Waals surface area contributed by atoms with Crippen molar-refractivity contribution >= 4 is 27.7 Å². The molecule has 1 aromatic rings. The van der Waals surface area contributed by atoms with Crippen LogP contribution < -0.4 is 10.9 Å². The predicted octanol–water partition coefficient (Wildman–Crippen LogP) is 1.62. The molecule has 0 unspecified atom stereocenters. The summed E-state index contributed by atoms with van der Waals surface area (Å²) in [6, 6.07) is 7.05. The number of hydrogen-bond acceptors (Lipinski definition) is 2. The van der Waals surface area contributed by atoms with E-state index in [9.17, 15) is 9.59 Å². The van der Waals surface area contributed by atoms with Crippen molar-refractivity contribution in [3.63, 3.8) is 0 Å². The van der Waals surface area contributed by atoms with Crippen molar-refractivity contribution in [3.8, 4) is 0 Å². The fourth-order valence-electron chi connectivity index (χ4n) is 1.28. The first-order valence-corrected chi connectivity index (χ1v) is 5.82. The lowest BCUT2D eigenvalue weighted by Gasteiger charge is -2.07. The second kappa shape index (κ2) is 4.65. The molecule has 0 heterocycles. The van der Waals surface area contributed by atoms with E-state index in [1.165, 1.54) is 0 Å². The smallest absolute Gasteiger partial charge is 0.270 e. The number of hydrazine groups is 1. The standard InChI is InChI=1S/C11H11BrN2O2/c12-9-4-2-1-3-8(9)11(16)14-13-10(15)7-5-6-7/h1-4,7H,5-6H2,(H,13,15)(H,14,16). The van der Waals surface area contributed by atoms with Gasteiger partial charge in [0, 0.05) is 10.4 Å². The van der Waals surface area contributed by atoms with Gasteiger partial charge in [-0.05, 0) is 40.9 Å². The highest BCUT2D eigenvalue weighted by molar-refractivity contribution is 9.10. The van der Waals surface area contributed by atoms with Gasteiger partial charge in [0.1, 0.15) is 0 Å². The molecule has 4 nitrogen and oxygen atoms in total. The van der Waals surface area contributed by atoms with Gasteiger partial charge in [-0.1, -0.05) is 12.1 Å².